The number of anilines is 3. The van der Waals surface area contributed by atoms with Gasteiger partial charge in [0.15, 0.2) is 0 Å². The molecule has 0 saturated carbocycles. The average molecular weight is 576 g/mol. The zero-order valence-corrected chi connectivity index (χ0v) is 24.2. The molecule has 0 bridgehead atoms. The van der Waals surface area contributed by atoms with E-state index in [2.05, 4.69) is 132 Å². The first-order valence-corrected chi connectivity index (χ1v) is 15.3. The van der Waals surface area contributed by atoms with Gasteiger partial charge in [0, 0.05) is 38.3 Å². The molecule has 210 valence electrons. The Kier molecular flexibility index (Phi) is 5.00. The minimum atomic E-state index is 0.881. The monoisotopic (exact) mass is 575 g/mol. The second-order valence-corrected chi connectivity index (χ2v) is 11.7. The minimum Gasteiger partial charge on any atom is -0.456 e. The number of hydrogen-bond donors (Lipinski definition) is 0. The van der Waals surface area contributed by atoms with Crippen LogP contribution in [0.4, 0.5) is 17.1 Å². The van der Waals surface area contributed by atoms with E-state index in [0.717, 1.165) is 60.9 Å². The topological polar surface area (TPSA) is 29.5 Å². The van der Waals surface area contributed by atoms with Gasteiger partial charge in [0.05, 0.1) is 5.69 Å². The summed E-state index contributed by atoms with van der Waals surface area (Å²) in [5, 5.41) is 11.9. The van der Waals surface area contributed by atoms with Gasteiger partial charge in [-0.2, -0.15) is 0 Å². The van der Waals surface area contributed by atoms with Gasteiger partial charge >= 0.3 is 0 Å². The predicted molar refractivity (Wildman–Crippen MR) is 188 cm³/mol. The molecule has 8 aromatic carbocycles. The highest BCUT2D eigenvalue weighted by atomic mass is 16.3. The fraction of sp³-hybridized carbons (Fsp3) is 0. The van der Waals surface area contributed by atoms with Crippen molar-refractivity contribution in [2.75, 3.05) is 4.90 Å². The second-order valence-electron chi connectivity index (χ2n) is 11.7. The summed E-state index contributed by atoms with van der Waals surface area (Å²) in [5.41, 5.74) is 6.79. The van der Waals surface area contributed by atoms with E-state index >= 15 is 0 Å². The standard InChI is InChI=1S/C42H25NO2/c1-2-9-29-26(8-1)16-19-32-30-12-7-13-38(33(30)21-20-31(29)32)43(27-17-22-41-36(24-27)34-10-3-5-14-39(34)44-41)28-18-23-42-37(25-28)35-11-4-6-15-40(35)45-42/h1-25H. The van der Waals surface area contributed by atoms with Gasteiger partial charge in [0.25, 0.3) is 0 Å². The average Bonchev–Trinajstić information content (AvgIpc) is 3.66. The normalized spacial score (nSPS) is 12.0. The van der Waals surface area contributed by atoms with Gasteiger partial charge in [-0.3, -0.25) is 0 Å². The summed E-state index contributed by atoms with van der Waals surface area (Å²) in [4.78, 5) is 2.37. The number of para-hydroxylation sites is 2. The number of benzene rings is 8. The molecule has 3 nitrogen and oxygen atoms in total. The molecule has 0 aliphatic carbocycles. The van der Waals surface area contributed by atoms with Crippen LogP contribution in [-0.4, -0.2) is 0 Å². The zero-order valence-electron chi connectivity index (χ0n) is 24.2. The van der Waals surface area contributed by atoms with Gasteiger partial charge in [-0.25, -0.2) is 0 Å². The molecule has 0 radical (unpaired) electrons. The van der Waals surface area contributed by atoms with Gasteiger partial charge < -0.3 is 13.7 Å². The molecule has 10 rings (SSSR count). The zero-order chi connectivity index (χ0) is 29.5. The first-order chi connectivity index (χ1) is 22.3. The Morgan fingerprint density at radius 2 is 0.800 bits per heavy atom. The third-order valence-electron chi connectivity index (χ3n) is 9.24. The van der Waals surface area contributed by atoms with Crippen LogP contribution in [-0.2, 0) is 0 Å². The molecule has 0 amide bonds. The highest BCUT2D eigenvalue weighted by molar-refractivity contribution is 6.20. The molecule has 0 aliphatic rings. The molecule has 10 aromatic rings. The highest BCUT2D eigenvalue weighted by Gasteiger charge is 2.20. The quantitative estimate of drug-likeness (QED) is 0.196. The van der Waals surface area contributed by atoms with Gasteiger partial charge in [-0.15, -0.1) is 0 Å². The maximum atomic E-state index is 6.22. The lowest BCUT2D eigenvalue weighted by molar-refractivity contribution is 0.668. The lowest BCUT2D eigenvalue weighted by atomic mass is 9.96. The Morgan fingerprint density at radius 3 is 1.49 bits per heavy atom. The molecule has 2 aromatic heterocycles. The first kappa shape index (κ1) is 24.4. The Balaban J connectivity index is 1.27. The van der Waals surface area contributed by atoms with E-state index in [4.69, 9.17) is 8.83 Å². The number of furan rings is 2. The summed E-state index contributed by atoms with van der Waals surface area (Å²) in [6, 6.07) is 53.9. The van der Waals surface area contributed by atoms with Gasteiger partial charge in [0.1, 0.15) is 22.3 Å². The van der Waals surface area contributed by atoms with Crippen molar-refractivity contribution in [3.63, 3.8) is 0 Å². The third kappa shape index (κ3) is 3.58. The Labute approximate surface area is 258 Å². The smallest absolute Gasteiger partial charge is 0.135 e. The van der Waals surface area contributed by atoms with Crippen LogP contribution < -0.4 is 4.90 Å². The summed E-state index contributed by atoms with van der Waals surface area (Å²) < 4.78 is 12.4. The number of hydrogen-bond acceptors (Lipinski definition) is 3. The van der Waals surface area contributed by atoms with E-state index in [0.29, 0.717) is 0 Å². The summed E-state index contributed by atoms with van der Waals surface area (Å²) in [6.45, 7) is 0. The molecule has 0 saturated heterocycles. The van der Waals surface area contributed by atoms with Gasteiger partial charge in [0.2, 0.25) is 0 Å². The van der Waals surface area contributed by atoms with E-state index < -0.39 is 0 Å². The summed E-state index contributed by atoms with van der Waals surface area (Å²) >= 11 is 0. The second kappa shape index (κ2) is 9.22. The van der Waals surface area contributed by atoms with Gasteiger partial charge in [-0.1, -0.05) is 97.1 Å². The van der Waals surface area contributed by atoms with Gasteiger partial charge in [-0.05, 0) is 81.5 Å². The largest absolute Gasteiger partial charge is 0.456 e. The van der Waals surface area contributed by atoms with E-state index in [-0.39, 0.29) is 0 Å². The fourth-order valence-electron chi connectivity index (χ4n) is 7.17. The van der Waals surface area contributed by atoms with Crippen LogP contribution in [0.3, 0.4) is 0 Å². The Morgan fingerprint density at radius 1 is 0.311 bits per heavy atom. The lowest BCUT2D eigenvalue weighted by Crippen LogP contribution is -2.10. The van der Waals surface area contributed by atoms with E-state index in [1.165, 1.54) is 32.3 Å². The fourth-order valence-corrected chi connectivity index (χ4v) is 7.17. The van der Waals surface area contributed by atoms with Crippen LogP contribution in [0, 0.1) is 0 Å². The third-order valence-corrected chi connectivity index (χ3v) is 9.24. The summed E-state index contributed by atoms with van der Waals surface area (Å²) in [6.07, 6.45) is 0. The van der Waals surface area contributed by atoms with E-state index in [9.17, 15) is 0 Å². The van der Waals surface area contributed by atoms with Crippen molar-refractivity contribution in [2.45, 2.75) is 0 Å². The van der Waals surface area contributed by atoms with Crippen molar-refractivity contribution < 1.29 is 8.83 Å². The van der Waals surface area contributed by atoms with Crippen LogP contribution in [0.15, 0.2) is 160 Å². The molecule has 0 fully saturated rings. The van der Waals surface area contributed by atoms with E-state index in [1.807, 2.05) is 24.3 Å². The van der Waals surface area contributed by atoms with Crippen LogP contribution >= 0.6 is 0 Å². The molecule has 0 spiro atoms. The molecule has 0 unspecified atom stereocenters. The van der Waals surface area contributed by atoms with Crippen LogP contribution in [0.1, 0.15) is 0 Å². The molecule has 0 N–H and O–H groups in total. The molecule has 2 heterocycles. The molecule has 45 heavy (non-hydrogen) atoms. The van der Waals surface area contributed by atoms with Crippen molar-refractivity contribution in [1.82, 2.24) is 0 Å². The van der Waals surface area contributed by atoms with Crippen LogP contribution in [0.2, 0.25) is 0 Å². The maximum Gasteiger partial charge on any atom is 0.135 e. The molecule has 3 heteroatoms. The van der Waals surface area contributed by atoms with Crippen LogP contribution in [0.25, 0.3) is 76.2 Å². The SMILES string of the molecule is c1ccc2c(c1)ccc1c3cccc(N(c4ccc5oc6ccccc6c5c4)c4ccc5oc6ccccc6c5c4)c3ccc21. The maximum absolute atomic E-state index is 6.22. The van der Waals surface area contributed by atoms with E-state index in [1.54, 1.807) is 0 Å². The number of rotatable bonds is 3. The lowest BCUT2D eigenvalue weighted by Gasteiger charge is -2.27. The van der Waals surface area contributed by atoms with Crippen molar-refractivity contribution in [2.24, 2.45) is 0 Å². The highest BCUT2D eigenvalue weighted by Crippen LogP contribution is 2.44. The van der Waals surface area contributed by atoms with Crippen LogP contribution in [0.5, 0.6) is 0 Å². The molecular weight excluding hydrogens is 550 g/mol. The van der Waals surface area contributed by atoms with Crippen molar-refractivity contribution in [3.05, 3.63) is 152 Å². The van der Waals surface area contributed by atoms with Crippen molar-refractivity contribution in [1.29, 1.82) is 0 Å². The molecule has 0 atom stereocenters. The molecular formula is C42H25NO2. The number of fused-ring (bicyclic) bond motifs is 11. The molecule has 0 aliphatic heterocycles. The predicted octanol–water partition coefficient (Wildman–Crippen LogP) is 12.4. The minimum absolute atomic E-state index is 0.881. The summed E-state index contributed by atoms with van der Waals surface area (Å²) in [5.74, 6) is 0. The number of nitrogens with zero attached hydrogens (tertiary/aromatic N) is 1. The Hall–Kier alpha value is -6.06. The Bertz CT molecular complexity index is 2670. The summed E-state index contributed by atoms with van der Waals surface area (Å²) in [7, 11) is 0. The van der Waals surface area contributed by atoms with Crippen molar-refractivity contribution >= 4 is 93.3 Å². The first-order valence-electron chi connectivity index (χ1n) is 15.3. The van der Waals surface area contributed by atoms with Crippen molar-refractivity contribution in [3.8, 4) is 0 Å².